The van der Waals surface area contributed by atoms with Gasteiger partial charge < -0.3 is 4.57 Å². The summed E-state index contributed by atoms with van der Waals surface area (Å²) in [5.74, 6) is 0.291. The van der Waals surface area contributed by atoms with Crippen LogP contribution in [0.15, 0.2) is 23.4 Å². The smallest absolute Gasteiger partial charge is 0.242 e. The van der Waals surface area contributed by atoms with Crippen LogP contribution in [0.5, 0.6) is 0 Å². The number of sulfonamides is 1. The third-order valence-electron chi connectivity index (χ3n) is 1.92. The summed E-state index contributed by atoms with van der Waals surface area (Å²) in [6.45, 7) is 0.00767. The number of aryl methyl sites for hydroxylation is 1. The van der Waals surface area contributed by atoms with Gasteiger partial charge in [0.1, 0.15) is 0 Å². The molecule has 0 saturated carbocycles. The van der Waals surface area contributed by atoms with E-state index in [4.69, 9.17) is 0 Å². The molecule has 0 unspecified atom stereocenters. The van der Waals surface area contributed by atoms with Crippen LogP contribution in [0.3, 0.4) is 0 Å². The summed E-state index contributed by atoms with van der Waals surface area (Å²) in [6, 6.07) is 1.51. The molecule has 2 aromatic heterocycles. The highest BCUT2D eigenvalue weighted by Crippen LogP contribution is 2.08. The normalized spacial score (nSPS) is 11.8. The predicted molar refractivity (Wildman–Crippen MR) is 53.6 cm³/mol. The minimum atomic E-state index is -3.51. The van der Waals surface area contributed by atoms with Crippen LogP contribution in [0.2, 0.25) is 0 Å². The number of aromatic amines is 1. The quantitative estimate of drug-likeness (QED) is 0.716. The van der Waals surface area contributed by atoms with E-state index in [0.29, 0.717) is 5.82 Å². The van der Waals surface area contributed by atoms with Crippen molar-refractivity contribution in [2.24, 2.45) is 7.05 Å². The topological polar surface area (TPSA) is 106 Å². The lowest BCUT2D eigenvalue weighted by atomic mass is 10.6. The highest BCUT2D eigenvalue weighted by Gasteiger charge is 2.15. The van der Waals surface area contributed by atoms with E-state index in [1.54, 1.807) is 17.8 Å². The van der Waals surface area contributed by atoms with Gasteiger partial charge in [0, 0.05) is 19.4 Å². The van der Waals surface area contributed by atoms with E-state index in [0.717, 1.165) is 0 Å². The third-order valence-corrected chi connectivity index (χ3v) is 3.31. The Bertz CT molecular complexity index is 557. The first-order valence-corrected chi connectivity index (χ1v) is 5.90. The Kier molecular flexibility index (Phi) is 2.71. The van der Waals surface area contributed by atoms with Crippen molar-refractivity contribution in [3.8, 4) is 0 Å². The Labute approximate surface area is 91.7 Å². The van der Waals surface area contributed by atoms with Crippen LogP contribution in [-0.4, -0.2) is 33.6 Å². The molecule has 0 fully saturated rings. The van der Waals surface area contributed by atoms with Gasteiger partial charge in [0.2, 0.25) is 10.0 Å². The maximum atomic E-state index is 11.7. The van der Waals surface area contributed by atoms with Crippen LogP contribution in [0.4, 0.5) is 0 Å². The molecule has 0 aromatic carbocycles. The van der Waals surface area contributed by atoms with Crippen molar-refractivity contribution in [2.45, 2.75) is 11.4 Å². The molecule has 0 spiro atoms. The lowest BCUT2D eigenvalue weighted by Gasteiger charge is -2.01. The average molecular weight is 242 g/mol. The fraction of sp³-hybridized carbons (Fsp3) is 0.286. The van der Waals surface area contributed by atoms with E-state index in [2.05, 4.69) is 25.3 Å². The van der Waals surface area contributed by atoms with Gasteiger partial charge in [-0.05, 0) is 6.07 Å². The molecule has 2 N–H and O–H groups in total. The molecule has 2 rings (SSSR count). The second-order valence-electron chi connectivity index (χ2n) is 3.17. The molecule has 0 atom stereocenters. The largest absolute Gasteiger partial charge is 0.356 e. The minimum Gasteiger partial charge on any atom is -0.356 e. The fourth-order valence-electron chi connectivity index (χ4n) is 1.14. The van der Waals surface area contributed by atoms with Crippen LogP contribution >= 0.6 is 0 Å². The molecule has 0 aliphatic carbocycles. The van der Waals surface area contributed by atoms with Crippen molar-refractivity contribution >= 4 is 10.0 Å². The van der Waals surface area contributed by atoms with E-state index in [1.807, 2.05) is 0 Å². The second-order valence-corrected chi connectivity index (χ2v) is 4.93. The van der Waals surface area contributed by atoms with Gasteiger partial charge in [-0.2, -0.15) is 5.21 Å². The molecular weight excluding hydrogens is 232 g/mol. The molecule has 2 heterocycles. The van der Waals surface area contributed by atoms with Crippen molar-refractivity contribution in [3.05, 3.63) is 24.3 Å². The first kappa shape index (κ1) is 10.8. The Hall–Kier alpha value is -1.74. The van der Waals surface area contributed by atoms with Crippen molar-refractivity contribution < 1.29 is 8.42 Å². The summed E-state index contributed by atoms with van der Waals surface area (Å²) >= 11 is 0. The van der Waals surface area contributed by atoms with Crippen LogP contribution in [0.25, 0.3) is 0 Å². The van der Waals surface area contributed by atoms with Crippen molar-refractivity contribution in [3.63, 3.8) is 0 Å². The Morgan fingerprint density at radius 2 is 2.38 bits per heavy atom. The summed E-state index contributed by atoms with van der Waals surface area (Å²) in [4.78, 5) is 0.207. The molecule has 0 bridgehead atoms. The van der Waals surface area contributed by atoms with Crippen molar-refractivity contribution in [1.29, 1.82) is 0 Å². The zero-order chi connectivity index (χ0) is 11.6. The molecule has 16 heavy (non-hydrogen) atoms. The summed E-state index contributed by atoms with van der Waals surface area (Å²) in [7, 11) is -1.76. The maximum absolute atomic E-state index is 11.7. The SMILES string of the molecule is Cn1ccc(S(=O)(=O)NCc2nn[nH]n2)c1. The van der Waals surface area contributed by atoms with Crippen LogP contribution < -0.4 is 4.72 Å². The van der Waals surface area contributed by atoms with Crippen LogP contribution in [0, 0.1) is 0 Å². The van der Waals surface area contributed by atoms with Crippen LogP contribution in [0.1, 0.15) is 5.82 Å². The molecule has 9 heteroatoms. The molecule has 0 aliphatic heterocycles. The molecule has 8 nitrogen and oxygen atoms in total. The Morgan fingerprint density at radius 3 is 2.94 bits per heavy atom. The highest BCUT2D eigenvalue weighted by molar-refractivity contribution is 7.89. The highest BCUT2D eigenvalue weighted by atomic mass is 32.2. The number of rotatable bonds is 4. The van der Waals surface area contributed by atoms with Gasteiger partial charge >= 0.3 is 0 Å². The number of nitrogens with one attached hydrogen (secondary N) is 2. The fourth-order valence-corrected chi connectivity index (χ4v) is 2.17. The monoisotopic (exact) mass is 242 g/mol. The summed E-state index contributed by atoms with van der Waals surface area (Å²) in [6.07, 6.45) is 3.17. The van der Waals surface area contributed by atoms with E-state index in [1.165, 1.54) is 12.3 Å². The Balaban J connectivity index is 2.09. The van der Waals surface area contributed by atoms with Crippen molar-refractivity contribution in [1.82, 2.24) is 29.9 Å². The van der Waals surface area contributed by atoms with Gasteiger partial charge in [0.15, 0.2) is 5.82 Å². The standard InChI is InChI=1S/C7H10N6O2S/c1-13-3-2-6(5-13)16(14,15)8-4-7-9-11-12-10-7/h2-3,5,8H,4H2,1H3,(H,9,10,11,12). The number of hydrogen-bond donors (Lipinski definition) is 2. The maximum Gasteiger partial charge on any atom is 0.242 e. The van der Waals surface area contributed by atoms with Crippen LogP contribution in [-0.2, 0) is 23.6 Å². The summed E-state index contributed by atoms with van der Waals surface area (Å²) in [5, 5.41) is 12.8. The van der Waals surface area contributed by atoms with E-state index in [9.17, 15) is 8.42 Å². The molecule has 0 amide bonds. The number of H-pyrrole nitrogens is 1. The van der Waals surface area contributed by atoms with Gasteiger partial charge in [-0.1, -0.05) is 5.21 Å². The van der Waals surface area contributed by atoms with E-state index < -0.39 is 10.0 Å². The van der Waals surface area contributed by atoms with E-state index in [-0.39, 0.29) is 11.4 Å². The number of hydrogen-bond acceptors (Lipinski definition) is 5. The van der Waals surface area contributed by atoms with Crippen molar-refractivity contribution in [2.75, 3.05) is 0 Å². The van der Waals surface area contributed by atoms with E-state index >= 15 is 0 Å². The first-order chi connectivity index (χ1) is 7.58. The molecule has 0 saturated heterocycles. The van der Waals surface area contributed by atoms with Gasteiger partial charge in [0.25, 0.3) is 0 Å². The lowest BCUT2D eigenvalue weighted by molar-refractivity contribution is 0.579. The number of nitrogens with zero attached hydrogens (tertiary/aromatic N) is 4. The average Bonchev–Trinajstić information content (AvgIpc) is 2.85. The van der Waals surface area contributed by atoms with Gasteiger partial charge in [-0.15, -0.1) is 10.2 Å². The summed E-state index contributed by atoms with van der Waals surface area (Å²) in [5.41, 5.74) is 0. The molecule has 86 valence electrons. The molecule has 2 aromatic rings. The number of tetrazole rings is 1. The first-order valence-electron chi connectivity index (χ1n) is 4.42. The zero-order valence-corrected chi connectivity index (χ0v) is 9.27. The number of aromatic nitrogens is 5. The van der Waals surface area contributed by atoms with Gasteiger partial charge in [0.05, 0.1) is 11.4 Å². The second kappa shape index (κ2) is 4.02. The molecular formula is C7H10N6O2S. The predicted octanol–water partition coefficient (Wildman–Crippen LogP) is -0.983. The minimum absolute atomic E-state index is 0.00767. The van der Waals surface area contributed by atoms with Gasteiger partial charge in [-0.25, -0.2) is 13.1 Å². The lowest BCUT2D eigenvalue weighted by Crippen LogP contribution is -2.23. The third kappa shape index (κ3) is 2.25. The molecule has 0 aliphatic rings. The zero-order valence-electron chi connectivity index (χ0n) is 8.45. The Morgan fingerprint density at radius 1 is 1.56 bits per heavy atom. The van der Waals surface area contributed by atoms with Gasteiger partial charge in [-0.3, -0.25) is 0 Å². The summed E-state index contributed by atoms with van der Waals surface area (Å²) < 4.78 is 27.5. The molecule has 0 radical (unpaired) electrons.